The van der Waals surface area contributed by atoms with Crippen LogP contribution in [-0.2, 0) is 6.54 Å². The van der Waals surface area contributed by atoms with Crippen LogP contribution in [0.3, 0.4) is 0 Å². The Morgan fingerprint density at radius 2 is 2.00 bits per heavy atom. The van der Waals surface area contributed by atoms with E-state index >= 15 is 0 Å². The smallest absolute Gasteiger partial charge is 0.126 e. The lowest BCUT2D eigenvalue weighted by Crippen LogP contribution is -2.00. The minimum Gasteiger partial charge on any atom is -0.378 e. The lowest BCUT2D eigenvalue weighted by Gasteiger charge is -2.04. The van der Waals surface area contributed by atoms with Crippen molar-refractivity contribution in [3.05, 3.63) is 59.4 Å². The fourth-order valence-electron chi connectivity index (χ4n) is 1.87. The average molecular weight is 258 g/mol. The van der Waals surface area contributed by atoms with Crippen molar-refractivity contribution >= 4 is 28.3 Å². The molecule has 4 heteroatoms. The van der Waals surface area contributed by atoms with Crippen molar-refractivity contribution in [2.75, 3.05) is 5.32 Å². The van der Waals surface area contributed by atoms with Crippen LogP contribution < -0.4 is 5.32 Å². The van der Waals surface area contributed by atoms with Crippen LogP contribution in [0, 0.1) is 0 Å². The number of para-hydroxylation sites is 2. The van der Waals surface area contributed by atoms with Gasteiger partial charge in [-0.25, -0.2) is 4.98 Å². The van der Waals surface area contributed by atoms with Gasteiger partial charge in [-0.1, -0.05) is 29.8 Å². The number of aromatic nitrogens is 2. The summed E-state index contributed by atoms with van der Waals surface area (Å²) in [5, 5.41) is 4.01. The molecular formula is C14H12ClN3. The summed E-state index contributed by atoms with van der Waals surface area (Å²) in [6, 6.07) is 15.6. The Bertz CT molecular complexity index is 642. The van der Waals surface area contributed by atoms with Gasteiger partial charge in [0.2, 0.25) is 0 Å². The van der Waals surface area contributed by atoms with Gasteiger partial charge in [0, 0.05) is 10.7 Å². The molecule has 0 amide bonds. The standard InChI is InChI=1S/C14H12ClN3/c15-10-4-3-5-11(8-10)16-9-14-17-12-6-1-2-7-13(12)18-14/h1-8,16H,9H2,(H,17,18). The molecule has 0 saturated carbocycles. The largest absolute Gasteiger partial charge is 0.378 e. The van der Waals surface area contributed by atoms with Crippen LogP contribution in [0.4, 0.5) is 5.69 Å². The second-order valence-electron chi connectivity index (χ2n) is 4.06. The fourth-order valence-corrected chi connectivity index (χ4v) is 2.06. The van der Waals surface area contributed by atoms with Gasteiger partial charge in [-0.15, -0.1) is 0 Å². The number of H-pyrrole nitrogens is 1. The summed E-state index contributed by atoms with van der Waals surface area (Å²) in [5.74, 6) is 0.913. The number of anilines is 1. The third kappa shape index (κ3) is 2.31. The zero-order valence-electron chi connectivity index (χ0n) is 9.65. The van der Waals surface area contributed by atoms with Gasteiger partial charge in [-0.05, 0) is 30.3 Å². The monoisotopic (exact) mass is 257 g/mol. The van der Waals surface area contributed by atoms with Crippen LogP contribution in [-0.4, -0.2) is 9.97 Å². The van der Waals surface area contributed by atoms with Crippen LogP contribution in [0.25, 0.3) is 11.0 Å². The normalized spacial score (nSPS) is 10.7. The number of hydrogen-bond acceptors (Lipinski definition) is 2. The van der Waals surface area contributed by atoms with Crippen LogP contribution in [0.2, 0.25) is 5.02 Å². The van der Waals surface area contributed by atoms with Gasteiger partial charge in [-0.3, -0.25) is 0 Å². The molecule has 3 aromatic rings. The predicted molar refractivity (Wildman–Crippen MR) is 74.9 cm³/mol. The highest BCUT2D eigenvalue weighted by Gasteiger charge is 2.01. The first kappa shape index (κ1) is 11.1. The second kappa shape index (κ2) is 4.70. The predicted octanol–water partition coefficient (Wildman–Crippen LogP) is 3.83. The van der Waals surface area contributed by atoms with E-state index < -0.39 is 0 Å². The van der Waals surface area contributed by atoms with E-state index in [0.29, 0.717) is 6.54 Å². The molecule has 3 rings (SSSR count). The summed E-state index contributed by atoms with van der Waals surface area (Å²) in [5.41, 5.74) is 3.03. The Morgan fingerprint density at radius 3 is 2.83 bits per heavy atom. The van der Waals surface area contributed by atoms with Gasteiger partial charge in [0.05, 0.1) is 17.6 Å². The molecule has 1 heterocycles. The maximum Gasteiger partial charge on any atom is 0.126 e. The molecule has 0 unspecified atom stereocenters. The molecule has 0 fully saturated rings. The summed E-state index contributed by atoms with van der Waals surface area (Å²) >= 11 is 5.93. The molecule has 2 aromatic carbocycles. The summed E-state index contributed by atoms with van der Waals surface area (Å²) in [6.07, 6.45) is 0. The topological polar surface area (TPSA) is 40.7 Å². The third-order valence-electron chi connectivity index (χ3n) is 2.72. The molecule has 0 aliphatic heterocycles. The maximum absolute atomic E-state index is 5.93. The van der Waals surface area contributed by atoms with E-state index in [1.807, 2.05) is 48.5 Å². The van der Waals surface area contributed by atoms with E-state index in [-0.39, 0.29) is 0 Å². The second-order valence-corrected chi connectivity index (χ2v) is 4.50. The number of imidazole rings is 1. The quantitative estimate of drug-likeness (QED) is 0.749. The van der Waals surface area contributed by atoms with E-state index in [4.69, 9.17) is 11.6 Å². The first-order valence-electron chi connectivity index (χ1n) is 5.74. The van der Waals surface area contributed by atoms with E-state index in [0.717, 1.165) is 27.6 Å². The highest BCUT2D eigenvalue weighted by molar-refractivity contribution is 6.30. The zero-order valence-corrected chi connectivity index (χ0v) is 10.4. The number of nitrogens with one attached hydrogen (secondary N) is 2. The van der Waals surface area contributed by atoms with Crippen molar-refractivity contribution in [2.45, 2.75) is 6.54 Å². The van der Waals surface area contributed by atoms with E-state index in [1.54, 1.807) is 0 Å². The molecule has 0 aliphatic rings. The van der Waals surface area contributed by atoms with Crippen LogP contribution in [0.15, 0.2) is 48.5 Å². The Balaban J connectivity index is 1.76. The highest BCUT2D eigenvalue weighted by Crippen LogP contribution is 2.16. The number of nitrogens with zero attached hydrogens (tertiary/aromatic N) is 1. The Hall–Kier alpha value is -2.00. The van der Waals surface area contributed by atoms with Gasteiger partial charge < -0.3 is 10.3 Å². The zero-order chi connectivity index (χ0) is 12.4. The highest BCUT2D eigenvalue weighted by atomic mass is 35.5. The van der Waals surface area contributed by atoms with Crippen molar-refractivity contribution in [3.63, 3.8) is 0 Å². The molecule has 0 bridgehead atoms. The van der Waals surface area contributed by atoms with Gasteiger partial charge in [0.15, 0.2) is 0 Å². The minimum atomic E-state index is 0.648. The molecule has 90 valence electrons. The van der Waals surface area contributed by atoms with E-state index in [9.17, 15) is 0 Å². The molecule has 0 atom stereocenters. The van der Waals surface area contributed by atoms with Crippen molar-refractivity contribution in [1.82, 2.24) is 9.97 Å². The van der Waals surface area contributed by atoms with Crippen LogP contribution >= 0.6 is 11.6 Å². The Morgan fingerprint density at radius 1 is 1.11 bits per heavy atom. The van der Waals surface area contributed by atoms with E-state index in [2.05, 4.69) is 15.3 Å². The number of halogens is 1. The van der Waals surface area contributed by atoms with Crippen molar-refractivity contribution in [1.29, 1.82) is 0 Å². The molecule has 2 N–H and O–H groups in total. The molecule has 0 saturated heterocycles. The molecule has 18 heavy (non-hydrogen) atoms. The molecule has 0 spiro atoms. The van der Waals surface area contributed by atoms with Gasteiger partial charge in [0.1, 0.15) is 5.82 Å². The number of fused-ring (bicyclic) bond motifs is 1. The summed E-state index contributed by atoms with van der Waals surface area (Å²) in [4.78, 5) is 7.77. The SMILES string of the molecule is Clc1cccc(NCc2nc3ccccc3[nH]2)c1. The van der Waals surface area contributed by atoms with Crippen LogP contribution in [0.5, 0.6) is 0 Å². The van der Waals surface area contributed by atoms with E-state index in [1.165, 1.54) is 0 Å². The fraction of sp³-hybridized carbons (Fsp3) is 0.0714. The van der Waals surface area contributed by atoms with Gasteiger partial charge in [-0.2, -0.15) is 0 Å². The van der Waals surface area contributed by atoms with Gasteiger partial charge in [0.25, 0.3) is 0 Å². The van der Waals surface area contributed by atoms with Crippen molar-refractivity contribution in [3.8, 4) is 0 Å². The third-order valence-corrected chi connectivity index (χ3v) is 2.96. The van der Waals surface area contributed by atoms with Crippen molar-refractivity contribution < 1.29 is 0 Å². The number of aromatic amines is 1. The first-order valence-corrected chi connectivity index (χ1v) is 6.12. The minimum absolute atomic E-state index is 0.648. The Kier molecular flexibility index (Phi) is 2.90. The lowest BCUT2D eigenvalue weighted by atomic mass is 10.3. The molecule has 0 radical (unpaired) electrons. The molecule has 3 nitrogen and oxygen atoms in total. The first-order chi connectivity index (χ1) is 8.81. The summed E-state index contributed by atoms with van der Waals surface area (Å²) in [7, 11) is 0. The molecular weight excluding hydrogens is 246 g/mol. The van der Waals surface area contributed by atoms with Gasteiger partial charge >= 0.3 is 0 Å². The molecule has 0 aliphatic carbocycles. The average Bonchev–Trinajstić information content (AvgIpc) is 2.79. The summed E-state index contributed by atoms with van der Waals surface area (Å²) in [6.45, 7) is 0.648. The van der Waals surface area contributed by atoms with Crippen molar-refractivity contribution in [2.24, 2.45) is 0 Å². The molecule has 1 aromatic heterocycles. The number of rotatable bonds is 3. The number of benzene rings is 2. The maximum atomic E-state index is 5.93. The van der Waals surface area contributed by atoms with Crippen LogP contribution in [0.1, 0.15) is 5.82 Å². The number of hydrogen-bond donors (Lipinski definition) is 2. The lowest BCUT2D eigenvalue weighted by molar-refractivity contribution is 1.01. The summed E-state index contributed by atoms with van der Waals surface area (Å²) < 4.78 is 0. The Labute approximate surface area is 110 Å².